The molecule has 0 bridgehead atoms. The van der Waals surface area contributed by atoms with E-state index in [1.165, 1.54) is 6.08 Å². The predicted octanol–water partition coefficient (Wildman–Crippen LogP) is 0.971. The van der Waals surface area contributed by atoms with Gasteiger partial charge in [0.1, 0.15) is 19.0 Å². The summed E-state index contributed by atoms with van der Waals surface area (Å²) in [7, 11) is 0. The van der Waals surface area contributed by atoms with Crippen molar-refractivity contribution in [1.82, 2.24) is 0 Å². The van der Waals surface area contributed by atoms with Crippen LogP contribution < -0.4 is 0 Å². The average Bonchev–Trinajstić information content (AvgIpc) is 3.41. The van der Waals surface area contributed by atoms with E-state index in [1.54, 1.807) is 0 Å². The van der Waals surface area contributed by atoms with Crippen LogP contribution in [0.2, 0.25) is 0 Å². The number of esters is 1. The van der Waals surface area contributed by atoms with E-state index in [4.69, 9.17) is 18.9 Å². The third-order valence-corrected chi connectivity index (χ3v) is 12.2. The fraction of sp³-hybridized carbons (Fsp3) is 0.862. The molecular weight excluding hydrogens is 508 g/mol. The van der Waals surface area contributed by atoms with Gasteiger partial charge in [-0.3, -0.25) is 0 Å². The summed E-state index contributed by atoms with van der Waals surface area (Å²) in [5.74, 6) is -3.06. The second-order valence-corrected chi connectivity index (χ2v) is 13.7. The molecule has 0 aromatic rings. The van der Waals surface area contributed by atoms with Gasteiger partial charge in [0.25, 0.3) is 0 Å². The zero-order chi connectivity index (χ0) is 27.5. The molecule has 0 aromatic heterocycles. The topological polar surface area (TPSA) is 152 Å². The van der Waals surface area contributed by atoms with Gasteiger partial charge in [0.15, 0.2) is 0 Å². The van der Waals surface area contributed by atoms with Crippen molar-refractivity contribution in [3.05, 3.63) is 11.6 Å². The van der Waals surface area contributed by atoms with E-state index in [9.17, 15) is 30.0 Å². The highest BCUT2D eigenvalue weighted by Gasteiger charge is 2.73. The number of fused-ring (bicyclic) bond motifs is 7. The van der Waals surface area contributed by atoms with Crippen LogP contribution in [0.15, 0.2) is 11.6 Å². The molecule has 39 heavy (non-hydrogen) atoms. The molecule has 14 atom stereocenters. The highest BCUT2D eigenvalue weighted by molar-refractivity contribution is 5.85. The quantitative estimate of drug-likeness (QED) is 0.223. The lowest BCUT2D eigenvalue weighted by atomic mass is 9.42. The lowest BCUT2D eigenvalue weighted by Gasteiger charge is -2.65. The second kappa shape index (κ2) is 8.56. The molecule has 2 saturated heterocycles. The van der Waals surface area contributed by atoms with Crippen molar-refractivity contribution in [1.29, 1.82) is 0 Å². The molecule has 3 heterocycles. The Kier molecular flexibility index (Phi) is 5.82. The Morgan fingerprint density at radius 2 is 1.79 bits per heavy atom. The van der Waals surface area contributed by atoms with Crippen LogP contribution in [0.5, 0.6) is 0 Å². The number of ether oxygens (including phenoxy) is 4. The molecule has 0 spiro atoms. The third-order valence-electron chi connectivity index (χ3n) is 12.2. The first-order valence-corrected chi connectivity index (χ1v) is 14.6. The maximum absolute atomic E-state index is 13.1. The van der Waals surface area contributed by atoms with E-state index in [0.717, 1.165) is 11.9 Å². The van der Waals surface area contributed by atoms with E-state index < -0.39 is 46.8 Å². The summed E-state index contributed by atoms with van der Waals surface area (Å²) in [5, 5.41) is 45.8. The second-order valence-electron chi connectivity index (χ2n) is 13.7. The Labute approximate surface area is 227 Å². The average molecular weight is 549 g/mol. The molecule has 10 nitrogen and oxygen atoms in total. The van der Waals surface area contributed by atoms with Crippen LogP contribution in [-0.2, 0) is 28.5 Å². The first-order chi connectivity index (χ1) is 18.5. The standard InChI is InChI=1S/C29H40O10/c1-14-7-23(32)29(35)25(37-14)38-20-9-16-3-4-18-17(27(16,13-30)11-21(20)39-29)5-6-26(2)19(10-22(31)28(18,26)34)15-8-24(33)36-12-15/h8,13-14,16-23,25,31-32,34-35H,3-7,9-12H2,1-2H3/t14-,16+,17?,18?,19-,20-,21-,22-,23+,25+,26-,27-,28-,29+/m1/s1. The summed E-state index contributed by atoms with van der Waals surface area (Å²) >= 11 is 0. The minimum absolute atomic E-state index is 0.00379. The molecule has 0 amide bonds. The van der Waals surface area contributed by atoms with Gasteiger partial charge in [-0.05, 0) is 81.1 Å². The number of hydrogen-bond acceptors (Lipinski definition) is 10. The van der Waals surface area contributed by atoms with Crippen molar-refractivity contribution in [3.8, 4) is 0 Å². The Bertz CT molecular complexity index is 1090. The maximum Gasteiger partial charge on any atom is 0.331 e. The normalized spacial score (nSPS) is 58.2. The van der Waals surface area contributed by atoms with Crippen LogP contribution in [0.4, 0.5) is 0 Å². The Hall–Kier alpha value is -1.40. The van der Waals surface area contributed by atoms with Crippen molar-refractivity contribution in [3.63, 3.8) is 0 Å². The van der Waals surface area contributed by atoms with Gasteiger partial charge < -0.3 is 44.2 Å². The van der Waals surface area contributed by atoms with Crippen LogP contribution in [0.25, 0.3) is 0 Å². The van der Waals surface area contributed by atoms with Crippen LogP contribution >= 0.6 is 0 Å². The molecule has 7 aliphatic rings. The molecule has 2 unspecified atom stereocenters. The van der Waals surface area contributed by atoms with Gasteiger partial charge in [-0.15, -0.1) is 0 Å². The Morgan fingerprint density at radius 1 is 1.00 bits per heavy atom. The summed E-state index contributed by atoms with van der Waals surface area (Å²) in [6.45, 7) is 4.02. The fourth-order valence-corrected chi connectivity index (χ4v) is 10.2. The van der Waals surface area contributed by atoms with Gasteiger partial charge in [-0.1, -0.05) is 6.92 Å². The largest absolute Gasteiger partial charge is 0.458 e. The zero-order valence-corrected chi connectivity index (χ0v) is 22.5. The lowest BCUT2D eigenvalue weighted by Crippen LogP contribution is -2.71. The van der Waals surface area contributed by atoms with Crippen molar-refractivity contribution in [2.24, 2.45) is 34.5 Å². The summed E-state index contributed by atoms with van der Waals surface area (Å²) < 4.78 is 23.4. The number of hydrogen-bond donors (Lipinski definition) is 4. The molecule has 10 heteroatoms. The van der Waals surface area contributed by atoms with Crippen molar-refractivity contribution >= 4 is 12.3 Å². The first kappa shape index (κ1) is 26.5. The maximum atomic E-state index is 13.1. The highest BCUT2D eigenvalue weighted by atomic mass is 16.8. The number of rotatable bonds is 2. The number of cyclic esters (lactones) is 1. The zero-order valence-electron chi connectivity index (χ0n) is 22.5. The van der Waals surface area contributed by atoms with Gasteiger partial charge in [-0.2, -0.15) is 0 Å². The molecule has 4 aliphatic carbocycles. The Morgan fingerprint density at radius 3 is 2.51 bits per heavy atom. The van der Waals surface area contributed by atoms with E-state index in [2.05, 4.69) is 0 Å². The summed E-state index contributed by atoms with van der Waals surface area (Å²) in [6.07, 6.45) is 2.08. The molecule has 216 valence electrons. The monoisotopic (exact) mass is 548 g/mol. The summed E-state index contributed by atoms with van der Waals surface area (Å²) in [4.78, 5) is 25.0. The molecule has 3 aliphatic heterocycles. The number of aliphatic hydroxyl groups is 4. The number of aldehydes is 1. The first-order valence-electron chi connectivity index (χ1n) is 14.6. The number of aliphatic hydroxyl groups excluding tert-OH is 2. The van der Waals surface area contributed by atoms with Gasteiger partial charge in [0.05, 0.1) is 30.0 Å². The van der Waals surface area contributed by atoms with Crippen LogP contribution in [0.1, 0.15) is 65.2 Å². The summed E-state index contributed by atoms with van der Waals surface area (Å²) in [5.41, 5.74) is -2.06. The van der Waals surface area contributed by atoms with Crippen LogP contribution in [-0.4, -0.2) is 87.5 Å². The van der Waals surface area contributed by atoms with Crippen molar-refractivity contribution < 1.29 is 49.0 Å². The minimum atomic E-state index is -2.01. The van der Waals surface area contributed by atoms with E-state index in [1.807, 2.05) is 13.8 Å². The molecule has 6 fully saturated rings. The van der Waals surface area contributed by atoms with Gasteiger partial charge in [0.2, 0.25) is 12.1 Å². The lowest BCUT2D eigenvalue weighted by molar-refractivity contribution is -0.457. The van der Waals surface area contributed by atoms with Crippen LogP contribution in [0.3, 0.4) is 0 Å². The number of carbonyl (C=O) groups is 2. The fourth-order valence-electron chi connectivity index (χ4n) is 10.2. The van der Waals surface area contributed by atoms with Crippen molar-refractivity contribution in [2.45, 2.75) is 113 Å². The van der Waals surface area contributed by atoms with E-state index >= 15 is 0 Å². The molecular formula is C29H40O10. The predicted molar refractivity (Wildman–Crippen MR) is 133 cm³/mol. The molecule has 4 N–H and O–H groups in total. The van der Waals surface area contributed by atoms with Gasteiger partial charge in [0, 0.05) is 23.3 Å². The van der Waals surface area contributed by atoms with E-state index in [-0.39, 0.29) is 54.9 Å². The van der Waals surface area contributed by atoms with Gasteiger partial charge >= 0.3 is 5.97 Å². The highest BCUT2D eigenvalue weighted by Crippen LogP contribution is 2.70. The van der Waals surface area contributed by atoms with Gasteiger partial charge in [-0.25, -0.2) is 4.79 Å². The molecule has 7 rings (SSSR count). The number of carbonyl (C=O) groups excluding carboxylic acids is 2. The smallest absolute Gasteiger partial charge is 0.331 e. The molecule has 4 saturated carbocycles. The third kappa shape index (κ3) is 3.34. The SMILES string of the molecule is C[C@@H]1C[C@H](O)[C@]2(O)O[C@@H]3C[C@]4(C=O)C5CC[C@]6(C)[C@@H](C7=CC(=O)OC7)C[C@@H](O)[C@]6(O)C5CC[C@H]4C[C@H]3O[C@@H]2O1. The molecule has 0 radical (unpaired) electrons. The minimum Gasteiger partial charge on any atom is -0.458 e. The molecule has 0 aromatic carbocycles. The van der Waals surface area contributed by atoms with Crippen molar-refractivity contribution in [2.75, 3.05) is 6.61 Å². The summed E-state index contributed by atoms with van der Waals surface area (Å²) in [6, 6.07) is 0. The van der Waals surface area contributed by atoms with Crippen LogP contribution in [0, 0.1) is 34.5 Å². The van der Waals surface area contributed by atoms with E-state index in [0.29, 0.717) is 44.9 Å². The Balaban J connectivity index is 1.20.